The molecule has 1 aliphatic heterocycles. The minimum Gasteiger partial charge on any atom is -0.507 e. The summed E-state index contributed by atoms with van der Waals surface area (Å²) in [5.74, 6) is 0.104. The van der Waals surface area contributed by atoms with Gasteiger partial charge in [-0.2, -0.15) is 0 Å². The molecule has 0 radical (unpaired) electrons. The number of carbonyl (C=O) groups excluding carboxylic acids is 1. The van der Waals surface area contributed by atoms with E-state index in [9.17, 15) is 9.90 Å². The quantitative estimate of drug-likeness (QED) is 0.511. The second kappa shape index (κ2) is 5.59. The molecule has 1 aromatic carbocycles. The van der Waals surface area contributed by atoms with Crippen molar-refractivity contribution in [1.82, 2.24) is 5.32 Å². The Hall–Kier alpha value is -1.59. The van der Waals surface area contributed by atoms with Crippen molar-refractivity contribution < 1.29 is 9.90 Å². The van der Waals surface area contributed by atoms with Crippen molar-refractivity contribution in [2.75, 3.05) is 0 Å². The molecule has 3 nitrogen and oxygen atoms in total. The average Bonchev–Trinajstić information content (AvgIpc) is 2.64. The molecule has 0 unspecified atom stereocenters. The second-order valence-corrected chi connectivity index (χ2v) is 5.91. The Bertz CT molecular complexity index is 606. The van der Waals surface area contributed by atoms with Crippen LogP contribution in [0.2, 0.25) is 0 Å². The highest BCUT2D eigenvalue weighted by Gasteiger charge is 2.22. The summed E-state index contributed by atoms with van der Waals surface area (Å²) in [7, 11) is 0. The zero-order valence-corrected chi connectivity index (χ0v) is 12.0. The van der Waals surface area contributed by atoms with E-state index >= 15 is 0 Å². The van der Waals surface area contributed by atoms with Gasteiger partial charge in [0.15, 0.2) is 0 Å². The Morgan fingerprint density at radius 3 is 2.84 bits per heavy atom. The summed E-state index contributed by atoms with van der Waals surface area (Å²) in [5, 5.41) is 12.5. The number of amides is 1. The van der Waals surface area contributed by atoms with E-state index in [2.05, 4.69) is 11.9 Å². The van der Waals surface area contributed by atoms with Gasteiger partial charge in [-0.1, -0.05) is 30.1 Å². The topological polar surface area (TPSA) is 49.3 Å². The highest BCUT2D eigenvalue weighted by atomic mass is 32.2. The molecule has 2 rings (SSSR count). The number of aromatic hydroxyl groups is 1. The lowest BCUT2D eigenvalue weighted by atomic mass is 10.0. The Morgan fingerprint density at radius 2 is 2.26 bits per heavy atom. The number of carbonyl (C=O) groups is 1. The predicted octanol–water partition coefficient (Wildman–Crippen LogP) is 2.92. The van der Waals surface area contributed by atoms with Gasteiger partial charge in [-0.3, -0.25) is 4.79 Å². The van der Waals surface area contributed by atoms with Crippen LogP contribution in [-0.4, -0.2) is 15.3 Å². The Morgan fingerprint density at radius 1 is 1.53 bits per heavy atom. The molecule has 1 saturated heterocycles. The standard InChI is InChI=1S/C14H13NO2S2/c1-3-4-10-6-9(5-8(2)12(10)16)7-11-13(17)15-14(18)19-11/h3,5-7,16H,1,4H2,2H3,(H,15,17,18)/b11-7-. The van der Waals surface area contributed by atoms with Gasteiger partial charge in [0.1, 0.15) is 10.1 Å². The van der Waals surface area contributed by atoms with Crippen LogP contribution in [0.5, 0.6) is 5.75 Å². The molecule has 2 N–H and O–H groups in total. The summed E-state index contributed by atoms with van der Waals surface area (Å²) < 4.78 is 0.470. The zero-order chi connectivity index (χ0) is 14.0. The van der Waals surface area contributed by atoms with Crippen molar-refractivity contribution in [2.45, 2.75) is 13.3 Å². The summed E-state index contributed by atoms with van der Waals surface area (Å²) in [6, 6.07) is 3.69. The van der Waals surface area contributed by atoms with Gasteiger partial charge in [0.25, 0.3) is 5.91 Å². The fourth-order valence-electron chi connectivity index (χ4n) is 1.85. The highest BCUT2D eigenvalue weighted by Crippen LogP contribution is 2.29. The van der Waals surface area contributed by atoms with Crippen LogP contribution in [0.15, 0.2) is 29.7 Å². The maximum atomic E-state index is 11.6. The number of benzene rings is 1. The van der Waals surface area contributed by atoms with E-state index in [0.29, 0.717) is 15.6 Å². The number of phenolic OH excluding ortho intramolecular Hbond substituents is 1. The zero-order valence-electron chi connectivity index (χ0n) is 10.4. The van der Waals surface area contributed by atoms with Crippen LogP contribution in [0.1, 0.15) is 16.7 Å². The lowest BCUT2D eigenvalue weighted by Crippen LogP contribution is -2.17. The second-order valence-electron chi connectivity index (χ2n) is 4.19. The smallest absolute Gasteiger partial charge is 0.263 e. The third kappa shape index (κ3) is 3.05. The summed E-state index contributed by atoms with van der Waals surface area (Å²) in [5.41, 5.74) is 2.44. The van der Waals surface area contributed by atoms with Crippen molar-refractivity contribution in [3.63, 3.8) is 0 Å². The molecule has 0 bridgehead atoms. The fraction of sp³-hybridized carbons (Fsp3) is 0.143. The molecular weight excluding hydrogens is 278 g/mol. The van der Waals surface area contributed by atoms with Crippen LogP contribution >= 0.6 is 24.0 Å². The van der Waals surface area contributed by atoms with E-state index < -0.39 is 0 Å². The molecule has 0 aromatic heterocycles. The molecule has 0 atom stereocenters. The molecule has 19 heavy (non-hydrogen) atoms. The number of phenols is 1. The summed E-state index contributed by atoms with van der Waals surface area (Å²) >= 11 is 6.19. The van der Waals surface area contributed by atoms with Crippen LogP contribution in [0.25, 0.3) is 6.08 Å². The molecule has 1 aromatic rings. The van der Waals surface area contributed by atoms with E-state index in [0.717, 1.165) is 16.7 Å². The molecule has 1 amide bonds. The third-order valence-electron chi connectivity index (χ3n) is 2.71. The summed E-state index contributed by atoms with van der Waals surface area (Å²) in [6.07, 6.45) is 4.09. The number of aryl methyl sites for hydroxylation is 1. The third-order valence-corrected chi connectivity index (χ3v) is 3.87. The Balaban J connectivity index is 2.41. The van der Waals surface area contributed by atoms with E-state index in [1.807, 2.05) is 19.1 Å². The highest BCUT2D eigenvalue weighted by molar-refractivity contribution is 8.26. The molecule has 98 valence electrons. The molecule has 5 heteroatoms. The molecule has 1 heterocycles. The minimum atomic E-state index is -0.175. The minimum absolute atomic E-state index is 0.175. The van der Waals surface area contributed by atoms with Gasteiger partial charge in [0.05, 0.1) is 4.91 Å². The van der Waals surface area contributed by atoms with Gasteiger partial charge in [0, 0.05) is 0 Å². The lowest BCUT2D eigenvalue weighted by molar-refractivity contribution is -0.115. The van der Waals surface area contributed by atoms with E-state index in [4.69, 9.17) is 12.2 Å². The lowest BCUT2D eigenvalue weighted by Gasteiger charge is -2.07. The fourth-order valence-corrected chi connectivity index (χ4v) is 2.89. The molecule has 0 spiro atoms. The number of hydrogen-bond acceptors (Lipinski definition) is 4. The van der Waals surface area contributed by atoms with Gasteiger partial charge in [0.2, 0.25) is 0 Å². The number of rotatable bonds is 3. The molecular formula is C14H13NO2S2. The van der Waals surface area contributed by atoms with Crippen molar-refractivity contribution in [3.8, 4) is 5.75 Å². The number of hydrogen-bond donors (Lipinski definition) is 2. The largest absolute Gasteiger partial charge is 0.507 e. The van der Waals surface area contributed by atoms with Crippen LogP contribution < -0.4 is 5.32 Å². The summed E-state index contributed by atoms with van der Waals surface area (Å²) in [4.78, 5) is 12.2. The van der Waals surface area contributed by atoms with E-state index in [1.54, 1.807) is 12.2 Å². The van der Waals surface area contributed by atoms with Crippen LogP contribution in [-0.2, 0) is 11.2 Å². The summed E-state index contributed by atoms with van der Waals surface area (Å²) in [6.45, 7) is 5.50. The predicted molar refractivity (Wildman–Crippen MR) is 83.1 cm³/mol. The van der Waals surface area contributed by atoms with Crippen LogP contribution in [0.4, 0.5) is 0 Å². The number of allylic oxidation sites excluding steroid dienone is 1. The van der Waals surface area contributed by atoms with Gasteiger partial charge < -0.3 is 10.4 Å². The number of thioether (sulfide) groups is 1. The molecule has 0 aliphatic carbocycles. The Kier molecular flexibility index (Phi) is 4.07. The SMILES string of the molecule is C=CCc1cc(/C=C2\SC(=S)NC2=O)cc(C)c1O. The van der Waals surface area contributed by atoms with E-state index in [-0.39, 0.29) is 11.7 Å². The van der Waals surface area contributed by atoms with Gasteiger partial charge in [-0.05, 0) is 48.2 Å². The first kappa shape index (κ1) is 13.8. The number of thiocarbonyl (C=S) groups is 1. The average molecular weight is 291 g/mol. The van der Waals surface area contributed by atoms with Crippen molar-refractivity contribution in [3.05, 3.63) is 46.4 Å². The molecule has 1 aliphatic rings. The van der Waals surface area contributed by atoms with Crippen LogP contribution in [0, 0.1) is 6.92 Å². The van der Waals surface area contributed by atoms with Crippen LogP contribution in [0.3, 0.4) is 0 Å². The van der Waals surface area contributed by atoms with Crippen molar-refractivity contribution >= 4 is 40.3 Å². The van der Waals surface area contributed by atoms with Gasteiger partial charge in [-0.15, -0.1) is 6.58 Å². The first-order chi connectivity index (χ1) is 9.01. The molecule has 1 fully saturated rings. The van der Waals surface area contributed by atoms with Gasteiger partial charge >= 0.3 is 0 Å². The monoisotopic (exact) mass is 291 g/mol. The van der Waals surface area contributed by atoms with Gasteiger partial charge in [-0.25, -0.2) is 0 Å². The van der Waals surface area contributed by atoms with Crippen molar-refractivity contribution in [2.24, 2.45) is 0 Å². The maximum Gasteiger partial charge on any atom is 0.263 e. The Labute approximate surface area is 121 Å². The maximum absolute atomic E-state index is 11.6. The first-order valence-corrected chi connectivity index (χ1v) is 6.92. The normalized spacial score (nSPS) is 16.8. The molecule has 0 saturated carbocycles. The van der Waals surface area contributed by atoms with Crippen molar-refractivity contribution in [1.29, 1.82) is 0 Å². The first-order valence-electron chi connectivity index (χ1n) is 5.69. The number of nitrogens with one attached hydrogen (secondary N) is 1. The van der Waals surface area contributed by atoms with E-state index in [1.165, 1.54) is 11.8 Å².